The quantitative estimate of drug-likeness (QED) is 0.458. The molecule has 4 N–H and O–H groups in total. The van der Waals surface area contributed by atoms with Gasteiger partial charge in [-0.2, -0.15) is 0 Å². The second-order valence-electron chi connectivity index (χ2n) is 2.63. The summed E-state index contributed by atoms with van der Waals surface area (Å²) in [7, 11) is 1.33. The molecule has 0 radical (unpaired) electrons. The molecule has 14 heavy (non-hydrogen) atoms. The molecule has 0 aromatic rings. The van der Waals surface area contributed by atoms with Gasteiger partial charge in [0.1, 0.15) is 0 Å². The summed E-state index contributed by atoms with van der Waals surface area (Å²) < 4.78 is 0. The second kappa shape index (κ2) is 5.92. The highest BCUT2D eigenvalue weighted by Gasteiger charge is 2.11. The van der Waals surface area contributed by atoms with Crippen molar-refractivity contribution in [1.82, 2.24) is 16.0 Å². The van der Waals surface area contributed by atoms with Crippen LogP contribution in [-0.2, 0) is 4.79 Å². The highest BCUT2D eigenvalue weighted by atomic mass is 16.3. The van der Waals surface area contributed by atoms with Crippen LogP contribution in [0.1, 0.15) is 13.3 Å². The third-order valence-corrected chi connectivity index (χ3v) is 1.19. The smallest absolute Gasteiger partial charge is 0.329 e. The number of amides is 5. The Labute approximate surface area is 80.9 Å². The van der Waals surface area contributed by atoms with E-state index >= 15 is 0 Å². The van der Waals surface area contributed by atoms with Crippen LogP contribution in [0.5, 0.6) is 0 Å². The molecule has 0 heterocycles. The molecule has 80 valence electrons. The number of hydrogen-bond acceptors (Lipinski definition) is 4. The van der Waals surface area contributed by atoms with Gasteiger partial charge in [-0.15, -0.1) is 0 Å². The van der Waals surface area contributed by atoms with E-state index in [1.807, 2.05) is 10.6 Å². The van der Waals surface area contributed by atoms with Crippen LogP contribution in [0.2, 0.25) is 0 Å². The van der Waals surface area contributed by atoms with E-state index in [1.54, 1.807) is 0 Å². The van der Waals surface area contributed by atoms with Gasteiger partial charge >= 0.3 is 12.1 Å². The van der Waals surface area contributed by atoms with Crippen molar-refractivity contribution >= 4 is 18.0 Å². The Bertz CT molecular complexity index is 239. The number of hydrogen-bond donors (Lipinski definition) is 4. The van der Waals surface area contributed by atoms with Gasteiger partial charge in [0.15, 0.2) is 0 Å². The summed E-state index contributed by atoms with van der Waals surface area (Å²) in [6.07, 6.45) is -1.02. The number of urea groups is 2. The highest BCUT2D eigenvalue weighted by Crippen LogP contribution is 1.87. The fraction of sp³-hybridized carbons (Fsp3) is 0.571. The molecule has 5 amide bonds. The lowest BCUT2D eigenvalue weighted by Crippen LogP contribution is -2.46. The van der Waals surface area contributed by atoms with Crippen LogP contribution in [0.4, 0.5) is 9.59 Å². The standard InChI is InChI=1S/C7H13N3O4/c1-4(11)3-5(12)9-7(14)10-6(13)8-2/h4,11H,3H2,1-2H3,(H3,8,9,10,12,13,14)/t4-/m1/s1. The van der Waals surface area contributed by atoms with E-state index in [0.29, 0.717) is 0 Å². The first-order chi connectivity index (χ1) is 6.45. The molecule has 0 aromatic carbocycles. The first-order valence-corrected chi connectivity index (χ1v) is 3.96. The average molecular weight is 203 g/mol. The molecule has 1 atom stereocenters. The molecule has 0 bridgehead atoms. The molecular weight excluding hydrogens is 190 g/mol. The Morgan fingerprint density at radius 2 is 1.79 bits per heavy atom. The van der Waals surface area contributed by atoms with Gasteiger partial charge in [0.05, 0.1) is 12.5 Å². The number of nitrogens with one attached hydrogen (secondary N) is 3. The minimum absolute atomic E-state index is 0.193. The van der Waals surface area contributed by atoms with Gasteiger partial charge in [-0.1, -0.05) is 0 Å². The van der Waals surface area contributed by atoms with Crippen molar-refractivity contribution < 1.29 is 19.5 Å². The minimum atomic E-state index is -0.921. The molecule has 0 fully saturated rings. The van der Waals surface area contributed by atoms with E-state index in [2.05, 4.69) is 5.32 Å². The normalized spacial score (nSPS) is 11.4. The molecular formula is C7H13N3O4. The lowest BCUT2D eigenvalue weighted by atomic mass is 10.3. The maximum Gasteiger partial charge on any atom is 0.329 e. The van der Waals surface area contributed by atoms with Crippen LogP contribution >= 0.6 is 0 Å². The van der Waals surface area contributed by atoms with Gasteiger partial charge in [0, 0.05) is 7.05 Å². The van der Waals surface area contributed by atoms with E-state index in [0.717, 1.165) is 0 Å². The van der Waals surface area contributed by atoms with E-state index in [1.165, 1.54) is 14.0 Å². The third-order valence-electron chi connectivity index (χ3n) is 1.19. The molecule has 0 aromatic heterocycles. The fourth-order valence-corrected chi connectivity index (χ4v) is 0.643. The maximum absolute atomic E-state index is 10.9. The summed E-state index contributed by atoms with van der Waals surface area (Å²) >= 11 is 0. The molecule has 0 saturated carbocycles. The van der Waals surface area contributed by atoms with Crippen molar-refractivity contribution in [1.29, 1.82) is 0 Å². The van der Waals surface area contributed by atoms with Crippen LogP contribution < -0.4 is 16.0 Å². The van der Waals surface area contributed by atoms with E-state index in [4.69, 9.17) is 5.11 Å². The van der Waals surface area contributed by atoms with Crippen molar-refractivity contribution in [3.05, 3.63) is 0 Å². The van der Waals surface area contributed by atoms with Crippen molar-refractivity contribution in [2.45, 2.75) is 19.4 Å². The van der Waals surface area contributed by atoms with Crippen molar-refractivity contribution in [2.75, 3.05) is 7.05 Å². The highest BCUT2D eigenvalue weighted by molar-refractivity contribution is 6.01. The summed E-state index contributed by atoms with van der Waals surface area (Å²) in [5, 5.41) is 14.6. The molecule has 0 rings (SSSR count). The predicted molar refractivity (Wildman–Crippen MR) is 47.4 cm³/mol. The van der Waals surface area contributed by atoms with Crippen LogP contribution in [0, 0.1) is 0 Å². The summed E-state index contributed by atoms with van der Waals surface area (Å²) in [4.78, 5) is 32.3. The molecule has 0 aliphatic heterocycles. The Morgan fingerprint density at radius 3 is 2.21 bits per heavy atom. The van der Waals surface area contributed by atoms with Crippen LogP contribution in [0.15, 0.2) is 0 Å². The van der Waals surface area contributed by atoms with Crippen molar-refractivity contribution in [3.63, 3.8) is 0 Å². The number of aliphatic hydroxyl groups is 1. The SMILES string of the molecule is CNC(=O)NC(=O)NC(=O)C[C@@H](C)O. The zero-order chi connectivity index (χ0) is 11.1. The maximum atomic E-state index is 10.9. The van der Waals surface area contributed by atoms with E-state index in [-0.39, 0.29) is 6.42 Å². The summed E-state index contributed by atoms with van der Waals surface area (Å²) in [6.45, 7) is 1.41. The number of carbonyl (C=O) groups excluding carboxylic acids is 3. The van der Waals surface area contributed by atoms with Crippen LogP contribution in [0.3, 0.4) is 0 Å². The Kier molecular flexibility index (Phi) is 5.23. The number of aliphatic hydroxyl groups excluding tert-OH is 1. The number of rotatable bonds is 2. The van der Waals surface area contributed by atoms with Crippen LogP contribution in [0.25, 0.3) is 0 Å². The Morgan fingerprint density at radius 1 is 1.21 bits per heavy atom. The van der Waals surface area contributed by atoms with Crippen molar-refractivity contribution in [3.8, 4) is 0 Å². The Hall–Kier alpha value is -1.63. The van der Waals surface area contributed by atoms with Gasteiger partial charge in [0.25, 0.3) is 0 Å². The Balaban J connectivity index is 3.83. The fourth-order valence-electron chi connectivity index (χ4n) is 0.643. The lowest BCUT2D eigenvalue weighted by Gasteiger charge is -2.05. The van der Waals surface area contributed by atoms with Crippen molar-refractivity contribution in [2.24, 2.45) is 0 Å². The first-order valence-electron chi connectivity index (χ1n) is 3.96. The third kappa shape index (κ3) is 5.95. The topological polar surface area (TPSA) is 108 Å². The van der Waals surface area contributed by atoms with Gasteiger partial charge in [-0.3, -0.25) is 15.4 Å². The van der Waals surface area contributed by atoms with Gasteiger partial charge in [0.2, 0.25) is 5.91 Å². The molecule has 0 saturated heterocycles. The molecule has 0 unspecified atom stereocenters. The second-order valence-corrected chi connectivity index (χ2v) is 2.63. The zero-order valence-electron chi connectivity index (χ0n) is 7.96. The molecule has 0 aliphatic rings. The molecule has 0 aliphatic carbocycles. The van der Waals surface area contributed by atoms with E-state index in [9.17, 15) is 14.4 Å². The minimum Gasteiger partial charge on any atom is -0.393 e. The zero-order valence-corrected chi connectivity index (χ0v) is 7.96. The molecule has 0 spiro atoms. The lowest BCUT2D eigenvalue weighted by molar-refractivity contribution is -0.121. The molecule has 7 heteroatoms. The predicted octanol–water partition coefficient (Wildman–Crippen LogP) is -1.08. The monoisotopic (exact) mass is 203 g/mol. The number of imide groups is 2. The summed E-state index contributed by atoms with van der Waals surface area (Å²) in [5.41, 5.74) is 0. The largest absolute Gasteiger partial charge is 0.393 e. The summed E-state index contributed by atoms with van der Waals surface area (Å²) in [5.74, 6) is -0.651. The number of carbonyl (C=O) groups is 3. The van der Waals surface area contributed by atoms with Gasteiger partial charge in [-0.05, 0) is 6.92 Å². The summed E-state index contributed by atoms with van der Waals surface area (Å²) in [6, 6.07) is -1.64. The van der Waals surface area contributed by atoms with Gasteiger partial charge in [-0.25, -0.2) is 9.59 Å². The average Bonchev–Trinajstić information content (AvgIpc) is 2.01. The van der Waals surface area contributed by atoms with Gasteiger partial charge < -0.3 is 10.4 Å². The first kappa shape index (κ1) is 12.4. The van der Waals surface area contributed by atoms with Crippen LogP contribution in [-0.4, -0.2) is 36.2 Å². The van der Waals surface area contributed by atoms with E-state index < -0.39 is 24.1 Å². The molecule has 7 nitrogen and oxygen atoms in total.